The molecule has 0 spiro atoms. The standard InChI is InChI=1S/C16H27N3/c1-19(12-9-14-7-10-18-11-8-14)16(13-17)15-5-3-2-4-6-15/h7-8,10-11,15-16H,2-6,9,12-13,17H2,1H3. The van der Waals surface area contributed by atoms with Gasteiger partial charge in [-0.15, -0.1) is 0 Å². The molecule has 3 heteroatoms. The van der Waals surface area contributed by atoms with Gasteiger partial charge in [0.15, 0.2) is 0 Å². The summed E-state index contributed by atoms with van der Waals surface area (Å²) in [5.41, 5.74) is 7.38. The molecule has 0 bridgehead atoms. The Labute approximate surface area is 117 Å². The largest absolute Gasteiger partial charge is 0.329 e. The van der Waals surface area contributed by atoms with Gasteiger partial charge in [0.25, 0.3) is 0 Å². The molecular formula is C16H27N3. The summed E-state index contributed by atoms with van der Waals surface area (Å²) >= 11 is 0. The van der Waals surface area contributed by atoms with Crippen molar-refractivity contribution in [1.82, 2.24) is 9.88 Å². The van der Waals surface area contributed by atoms with Crippen molar-refractivity contribution in [3.8, 4) is 0 Å². The van der Waals surface area contributed by atoms with E-state index in [9.17, 15) is 0 Å². The lowest BCUT2D eigenvalue weighted by molar-refractivity contribution is 0.150. The first-order valence-electron chi connectivity index (χ1n) is 7.60. The molecule has 1 unspecified atom stereocenters. The fourth-order valence-corrected chi connectivity index (χ4v) is 3.27. The van der Waals surface area contributed by atoms with Crippen molar-refractivity contribution in [3.05, 3.63) is 30.1 Å². The summed E-state index contributed by atoms with van der Waals surface area (Å²) in [6.45, 7) is 1.87. The van der Waals surface area contributed by atoms with Crippen molar-refractivity contribution in [2.24, 2.45) is 11.7 Å². The topological polar surface area (TPSA) is 42.2 Å². The van der Waals surface area contributed by atoms with Crippen LogP contribution in [0.3, 0.4) is 0 Å². The summed E-state index contributed by atoms with van der Waals surface area (Å²) in [5.74, 6) is 0.807. The second kappa shape index (κ2) is 7.61. The Morgan fingerprint density at radius 2 is 1.95 bits per heavy atom. The van der Waals surface area contributed by atoms with Crippen LogP contribution in [0, 0.1) is 5.92 Å². The average molecular weight is 261 g/mol. The quantitative estimate of drug-likeness (QED) is 0.855. The van der Waals surface area contributed by atoms with Crippen LogP contribution in [0.25, 0.3) is 0 Å². The van der Waals surface area contributed by atoms with E-state index in [0.717, 1.165) is 25.4 Å². The van der Waals surface area contributed by atoms with Crippen LogP contribution in [0.5, 0.6) is 0 Å². The van der Waals surface area contributed by atoms with E-state index in [-0.39, 0.29) is 0 Å². The molecule has 1 saturated carbocycles. The molecule has 1 fully saturated rings. The fraction of sp³-hybridized carbons (Fsp3) is 0.688. The minimum atomic E-state index is 0.558. The molecule has 1 aromatic rings. The second-order valence-corrected chi connectivity index (χ2v) is 5.79. The highest BCUT2D eigenvalue weighted by Crippen LogP contribution is 2.28. The summed E-state index contributed by atoms with van der Waals surface area (Å²) in [6, 6.07) is 4.76. The van der Waals surface area contributed by atoms with Crippen LogP contribution >= 0.6 is 0 Å². The summed E-state index contributed by atoms with van der Waals surface area (Å²) in [5, 5.41) is 0. The minimum absolute atomic E-state index is 0.558. The summed E-state index contributed by atoms with van der Waals surface area (Å²) < 4.78 is 0. The molecule has 1 heterocycles. The van der Waals surface area contributed by atoms with E-state index in [4.69, 9.17) is 5.73 Å². The molecule has 0 aliphatic heterocycles. The van der Waals surface area contributed by atoms with E-state index in [2.05, 4.69) is 29.1 Å². The number of rotatable bonds is 6. The van der Waals surface area contributed by atoms with E-state index in [1.807, 2.05) is 12.4 Å². The summed E-state index contributed by atoms with van der Waals surface area (Å²) in [4.78, 5) is 6.53. The van der Waals surface area contributed by atoms with Gasteiger partial charge >= 0.3 is 0 Å². The number of pyridine rings is 1. The first kappa shape index (κ1) is 14.5. The van der Waals surface area contributed by atoms with Crippen LogP contribution in [-0.4, -0.2) is 36.1 Å². The number of hydrogen-bond donors (Lipinski definition) is 1. The molecule has 106 valence electrons. The normalized spacial score (nSPS) is 18.7. The average Bonchev–Trinajstić information content (AvgIpc) is 2.48. The van der Waals surface area contributed by atoms with E-state index in [1.165, 1.54) is 37.7 Å². The Bertz CT molecular complexity index is 346. The summed E-state index contributed by atoms with van der Waals surface area (Å²) in [7, 11) is 2.23. The third kappa shape index (κ3) is 4.29. The predicted octanol–water partition coefficient (Wildman–Crippen LogP) is 2.46. The Morgan fingerprint density at radius 1 is 1.26 bits per heavy atom. The Morgan fingerprint density at radius 3 is 2.58 bits per heavy atom. The maximum atomic E-state index is 6.02. The van der Waals surface area contributed by atoms with Gasteiger partial charge in [0, 0.05) is 31.5 Å². The minimum Gasteiger partial charge on any atom is -0.329 e. The molecule has 1 aliphatic rings. The third-order valence-corrected chi connectivity index (χ3v) is 4.50. The molecule has 2 rings (SSSR count). The number of likely N-dealkylation sites (N-methyl/N-ethyl adjacent to an activating group) is 1. The van der Waals surface area contributed by atoms with E-state index >= 15 is 0 Å². The van der Waals surface area contributed by atoms with Crippen molar-refractivity contribution in [1.29, 1.82) is 0 Å². The van der Waals surface area contributed by atoms with Crippen LogP contribution in [0.15, 0.2) is 24.5 Å². The Kier molecular flexibility index (Phi) is 5.80. The van der Waals surface area contributed by atoms with Gasteiger partial charge in [-0.2, -0.15) is 0 Å². The lowest BCUT2D eigenvalue weighted by Gasteiger charge is -2.36. The van der Waals surface area contributed by atoms with Crippen LogP contribution in [0.1, 0.15) is 37.7 Å². The van der Waals surface area contributed by atoms with Crippen molar-refractivity contribution in [2.45, 2.75) is 44.6 Å². The molecule has 1 aromatic heterocycles. The third-order valence-electron chi connectivity index (χ3n) is 4.50. The molecule has 0 saturated heterocycles. The van der Waals surface area contributed by atoms with Crippen molar-refractivity contribution in [3.63, 3.8) is 0 Å². The van der Waals surface area contributed by atoms with Crippen molar-refractivity contribution >= 4 is 0 Å². The van der Waals surface area contributed by atoms with Gasteiger partial charge in [0.1, 0.15) is 0 Å². The molecule has 1 aliphatic carbocycles. The zero-order chi connectivity index (χ0) is 13.5. The molecule has 0 amide bonds. The molecular weight excluding hydrogens is 234 g/mol. The maximum Gasteiger partial charge on any atom is 0.0270 e. The van der Waals surface area contributed by atoms with Crippen molar-refractivity contribution < 1.29 is 0 Å². The van der Waals surface area contributed by atoms with Crippen LogP contribution < -0.4 is 5.73 Å². The Hall–Kier alpha value is -0.930. The van der Waals surface area contributed by atoms with Gasteiger partial charge < -0.3 is 10.6 Å². The number of hydrogen-bond acceptors (Lipinski definition) is 3. The lowest BCUT2D eigenvalue weighted by atomic mass is 9.83. The fourth-order valence-electron chi connectivity index (χ4n) is 3.27. The molecule has 0 aromatic carbocycles. The molecule has 1 atom stereocenters. The summed E-state index contributed by atoms with van der Waals surface area (Å²) in [6.07, 6.45) is 11.7. The van der Waals surface area contributed by atoms with Crippen LogP contribution in [0.4, 0.5) is 0 Å². The van der Waals surface area contributed by atoms with E-state index in [1.54, 1.807) is 0 Å². The Balaban J connectivity index is 1.84. The highest BCUT2D eigenvalue weighted by Gasteiger charge is 2.25. The van der Waals surface area contributed by atoms with Gasteiger partial charge in [0.05, 0.1) is 0 Å². The molecule has 19 heavy (non-hydrogen) atoms. The lowest BCUT2D eigenvalue weighted by Crippen LogP contribution is -2.44. The zero-order valence-electron chi connectivity index (χ0n) is 12.1. The predicted molar refractivity (Wildman–Crippen MR) is 80.0 cm³/mol. The molecule has 3 nitrogen and oxygen atoms in total. The first-order chi connectivity index (χ1) is 9.31. The van der Waals surface area contributed by atoms with Crippen LogP contribution in [0.2, 0.25) is 0 Å². The molecule has 0 radical (unpaired) electrons. The van der Waals surface area contributed by atoms with Gasteiger partial charge in [-0.25, -0.2) is 0 Å². The monoisotopic (exact) mass is 261 g/mol. The number of nitrogens with zero attached hydrogens (tertiary/aromatic N) is 2. The maximum absolute atomic E-state index is 6.02. The van der Waals surface area contributed by atoms with Gasteiger partial charge in [-0.05, 0) is 49.9 Å². The highest BCUT2D eigenvalue weighted by atomic mass is 15.1. The van der Waals surface area contributed by atoms with Crippen LogP contribution in [-0.2, 0) is 6.42 Å². The number of nitrogens with two attached hydrogens (primary N) is 1. The van der Waals surface area contributed by atoms with Gasteiger partial charge in [0.2, 0.25) is 0 Å². The van der Waals surface area contributed by atoms with Gasteiger partial charge in [-0.3, -0.25) is 4.98 Å². The van der Waals surface area contributed by atoms with E-state index < -0.39 is 0 Å². The second-order valence-electron chi connectivity index (χ2n) is 5.79. The van der Waals surface area contributed by atoms with Crippen molar-refractivity contribution in [2.75, 3.05) is 20.1 Å². The van der Waals surface area contributed by atoms with E-state index in [0.29, 0.717) is 6.04 Å². The zero-order valence-corrected chi connectivity index (χ0v) is 12.1. The molecule has 2 N–H and O–H groups in total. The smallest absolute Gasteiger partial charge is 0.0270 e. The number of aromatic nitrogens is 1. The highest BCUT2D eigenvalue weighted by molar-refractivity contribution is 5.09. The SMILES string of the molecule is CN(CCc1ccncc1)C(CN)C1CCCCC1. The van der Waals surface area contributed by atoms with Gasteiger partial charge in [-0.1, -0.05) is 19.3 Å². The first-order valence-corrected chi connectivity index (χ1v) is 7.60.